The van der Waals surface area contributed by atoms with Gasteiger partial charge in [0.25, 0.3) is 0 Å². The van der Waals surface area contributed by atoms with E-state index in [1.807, 2.05) is 6.92 Å². The fraction of sp³-hybridized carbons (Fsp3) is 0.500. The third-order valence-corrected chi connectivity index (χ3v) is 4.91. The first-order valence-electron chi connectivity index (χ1n) is 6.28. The van der Waals surface area contributed by atoms with Crippen LogP contribution in [0.15, 0.2) is 29.2 Å². The summed E-state index contributed by atoms with van der Waals surface area (Å²) in [7, 11) is -3.70. The molecule has 0 spiro atoms. The molecule has 5 nitrogen and oxygen atoms in total. The Morgan fingerprint density at radius 2 is 1.90 bits per heavy atom. The van der Waals surface area contributed by atoms with Gasteiger partial charge in [0.2, 0.25) is 10.0 Å². The Bertz CT molecular complexity index is 587. The molecule has 1 aliphatic rings. The fourth-order valence-electron chi connectivity index (χ4n) is 2.08. The minimum Gasteiger partial charge on any atom is -0.406 e. The van der Waals surface area contributed by atoms with Gasteiger partial charge in [-0.15, -0.1) is 13.2 Å². The lowest BCUT2D eigenvalue weighted by Gasteiger charge is -2.31. The van der Waals surface area contributed by atoms with Crippen LogP contribution in [0.4, 0.5) is 13.2 Å². The van der Waals surface area contributed by atoms with Crippen LogP contribution in [0.1, 0.15) is 6.92 Å². The number of hydrogen-bond acceptors (Lipinski definition) is 4. The predicted molar refractivity (Wildman–Crippen MR) is 69.3 cm³/mol. The maximum Gasteiger partial charge on any atom is 0.573 e. The van der Waals surface area contributed by atoms with Crippen LogP contribution < -0.4 is 10.1 Å². The monoisotopic (exact) mass is 324 g/mol. The average molecular weight is 324 g/mol. The second-order valence-corrected chi connectivity index (χ2v) is 6.68. The van der Waals surface area contributed by atoms with Gasteiger partial charge in [-0.05, 0) is 31.2 Å². The summed E-state index contributed by atoms with van der Waals surface area (Å²) >= 11 is 0. The summed E-state index contributed by atoms with van der Waals surface area (Å²) in [5.41, 5.74) is 0. The van der Waals surface area contributed by atoms with Gasteiger partial charge >= 0.3 is 6.36 Å². The topological polar surface area (TPSA) is 58.6 Å². The van der Waals surface area contributed by atoms with Crippen molar-refractivity contribution in [1.29, 1.82) is 0 Å². The van der Waals surface area contributed by atoms with Gasteiger partial charge in [0.15, 0.2) is 0 Å². The summed E-state index contributed by atoms with van der Waals surface area (Å²) in [6.45, 7) is 3.05. The Morgan fingerprint density at radius 3 is 2.43 bits per heavy atom. The SMILES string of the molecule is CC1CN(S(=O)(=O)c2ccc(OC(F)(F)F)cc2)CCN1. The normalized spacial score (nSPS) is 21.2. The van der Waals surface area contributed by atoms with E-state index in [-0.39, 0.29) is 10.9 Å². The molecule has 1 aromatic rings. The summed E-state index contributed by atoms with van der Waals surface area (Å²) in [6.07, 6.45) is -4.80. The van der Waals surface area contributed by atoms with Gasteiger partial charge in [0, 0.05) is 25.7 Å². The molecule has 0 radical (unpaired) electrons. The first kappa shape index (κ1) is 16.1. The van der Waals surface area contributed by atoms with E-state index in [9.17, 15) is 21.6 Å². The third kappa shape index (κ3) is 4.08. The standard InChI is InChI=1S/C12H15F3N2O3S/c1-9-8-17(7-6-16-9)21(18,19)11-4-2-10(3-5-11)20-12(13,14)15/h2-5,9,16H,6-8H2,1H3. The number of sulfonamides is 1. The smallest absolute Gasteiger partial charge is 0.406 e. The van der Waals surface area contributed by atoms with Crippen LogP contribution in [-0.2, 0) is 10.0 Å². The molecule has 1 aromatic carbocycles. The molecule has 1 unspecified atom stereocenters. The second kappa shape index (κ2) is 5.82. The molecule has 1 saturated heterocycles. The number of rotatable bonds is 3. The molecule has 1 heterocycles. The molecule has 1 fully saturated rings. The van der Waals surface area contributed by atoms with Gasteiger partial charge in [-0.2, -0.15) is 4.31 Å². The molecule has 1 N–H and O–H groups in total. The first-order chi connectivity index (χ1) is 9.68. The van der Waals surface area contributed by atoms with Crippen molar-refractivity contribution in [2.75, 3.05) is 19.6 Å². The van der Waals surface area contributed by atoms with Gasteiger partial charge < -0.3 is 10.1 Å². The Kier molecular flexibility index (Phi) is 4.45. The van der Waals surface area contributed by atoms with Crippen LogP contribution in [0.5, 0.6) is 5.75 Å². The van der Waals surface area contributed by atoms with E-state index >= 15 is 0 Å². The van der Waals surface area contributed by atoms with Crippen LogP contribution in [0.2, 0.25) is 0 Å². The largest absolute Gasteiger partial charge is 0.573 e. The number of nitrogens with zero attached hydrogens (tertiary/aromatic N) is 1. The highest BCUT2D eigenvalue weighted by molar-refractivity contribution is 7.89. The molecule has 0 bridgehead atoms. The van der Waals surface area contributed by atoms with Crippen LogP contribution in [-0.4, -0.2) is 44.8 Å². The fourth-order valence-corrected chi connectivity index (χ4v) is 3.61. The number of hydrogen-bond donors (Lipinski definition) is 1. The van der Waals surface area contributed by atoms with Crippen LogP contribution in [0.25, 0.3) is 0 Å². The molecule has 21 heavy (non-hydrogen) atoms. The van der Waals surface area contributed by atoms with Crippen molar-refractivity contribution in [1.82, 2.24) is 9.62 Å². The lowest BCUT2D eigenvalue weighted by atomic mass is 10.3. The van der Waals surface area contributed by atoms with Gasteiger partial charge in [0.05, 0.1) is 4.90 Å². The molecule has 1 aliphatic heterocycles. The minimum atomic E-state index is -4.80. The van der Waals surface area contributed by atoms with E-state index < -0.39 is 22.1 Å². The Hall–Kier alpha value is -1.32. The van der Waals surface area contributed by atoms with Crippen molar-refractivity contribution in [2.45, 2.75) is 24.2 Å². The van der Waals surface area contributed by atoms with E-state index in [2.05, 4.69) is 10.1 Å². The van der Waals surface area contributed by atoms with Crippen molar-refractivity contribution in [3.8, 4) is 5.75 Å². The summed E-state index contributed by atoms with van der Waals surface area (Å²) in [4.78, 5) is -0.0499. The van der Waals surface area contributed by atoms with E-state index in [1.54, 1.807) is 0 Å². The van der Waals surface area contributed by atoms with Gasteiger partial charge in [0.1, 0.15) is 5.75 Å². The molecular formula is C12H15F3N2O3S. The zero-order valence-corrected chi connectivity index (χ0v) is 12.0. The Labute approximate surface area is 120 Å². The highest BCUT2D eigenvalue weighted by atomic mass is 32.2. The van der Waals surface area contributed by atoms with Crippen molar-refractivity contribution in [3.05, 3.63) is 24.3 Å². The van der Waals surface area contributed by atoms with E-state index in [4.69, 9.17) is 0 Å². The lowest BCUT2D eigenvalue weighted by Crippen LogP contribution is -2.51. The highest BCUT2D eigenvalue weighted by Gasteiger charge is 2.32. The molecule has 2 rings (SSSR count). The first-order valence-corrected chi connectivity index (χ1v) is 7.72. The summed E-state index contributed by atoms with van der Waals surface area (Å²) in [6, 6.07) is 4.24. The van der Waals surface area contributed by atoms with Crippen LogP contribution >= 0.6 is 0 Å². The minimum absolute atomic E-state index is 0.0290. The molecule has 0 saturated carbocycles. The molecule has 0 aromatic heterocycles. The zero-order chi connectivity index (χ0) is 15.7. The van der Waals surface area contributed by atoms with Crippen molar-refractivity contribution in [3.63, 3.8) is 0 Å². The third-order valence-electron chi connectivity index (χ3n) is 3.03. The van der Waals surface area contributed by atoms with Crippen molar-refractivity contribution >= 4 is 10.0 Å². The summed E-state index contributed by atoms with van der Waals surface area (Å²) in [5, 5.41) is 3.12. The lowest BCUT2D eigenvalue weighted by molar-refractivity contribution is -0.274. The number of nitrogens with one attached hydrogen (secondary N) is 1. The van der Waals surface area contributed by atoms with E-state index in [0.717, 1.165) is 24.3 Å². The Morgan fingerprint density at radius 1 is 1.29 bits per heavy atom. The van der Waals surface area contributed by atoms with Crippen molar-refractivity contribution < 1.29 is 26.3 Å². The molecule has 0 amide bonds. The van der Waals surface area contributed by atoms with Crippen LogP contribution in [0.3, 0.4) is 0 Å². The molecule has 1 atom stereocenters. The highest BCUT2D eigenvalue weighted by Crippen LogP contribution is 2.25. The number of halogens is 3. The number of alkyl halides is 3. The van der Waals surface area contributed by atoms with Gasteiger partial charge in [-0.25, -0.2) is 8.42 Å². The molecular weight excluding hydrogens is 309 g/mol. The zero-order valence-electron chi connectivity index (χ0n) is 11.2. The number of piperazine rings is 1. The van der Waals surface area contributed by atoms with Gasteiger partial charge in [-0.3, -0.25) is 0 Å². The van der Waals surface area contributed by atoms with Gasteiger partial charge in [-0.1, -0.05) is 0 Å². The maximum atomic E-state index is 12.4. The van der Waals surface area contributed by atoms with Crippen molar-refractivity contribution in [2.24, 2.45) is 0 Å². The predicted octanol–water partition coefficient (Wildman–Crippen LogP) is 1.57. The molecule has 9 heteroatoms. The average Bonchev–Trinajstić information content (AvgIpc) is 2.37. The Balaban J connectivity index is 2.17. The van der Waals surface area contributed by atoms with Crippen LogP contribution in [0, 0.1) is 0 Å². The number of ether oxygens (including phenoxy) is 1. The van der Waals surface area contributed by atoms with E-state index in [1.165, 1.54) is 4.31 Å². The molecule has 0 aliphatic carbocycles. The number of benzene rings is 1. The van der Waals surface area contributed by atoms with E-state index in [0.29, 0.717) is 19.6 Å². The summed E-state index contributed by atoms with van der Waals surface area (Å²) in [5.74, 6) is -0.449. The quantitative estimate of drug-likeness (QED) is 0.917. The molecule has 118 valence electrons. The maximum absolute atomic E-state index is 12.4. The summed E-state index contributed by atoms with van der Waals surface area (Å²) < 4.78 is 65.9. The second-order valence-electron chi connectivity index (χ2n) is 4.74.